The molecule has 0 aromatic heterocycles. The first kappa shape index (κ1) is 20.5. The number of carbonyl (C=O) groups excluding carboxylic acids is 3. The summed E-state index contributed by atoms with van der Waals surface area (Å²) in [5.74, 6) is -1.16. The highest BCUT2D eigenvalue weighted by molar-refractivity contribution is 6.03. The van der Waals surface area contributed by atoms with Crippen LogP contribution in [0.15, 0.2) is 48.2 Å². The number of amides is 4. The number of benzene rings is 1. The van der Waals surface area contributed by atoms with Crippen molar-refractivity contribution in [3.8, 4) is 0 Å². The summed E-state index contributed by atoms with van der Waals surface area (Å²) >= 11 is 0. The lowest BCUT2D eigenvalue weighted by atomic mass is 9.95. The maximum absolute atomic E-state index is 13.7. The van der Waals surface area contributed by atoms with Gasteiger partial charge >= 0.3 is 6.03 Å². The number of nitrogens with one attached hydrogen (secondary N) is 2. The first-order chi connectivity index (χ1) is 14.0. The van der Waals surface area contributed by atoms with Crippen molar-refractivity contribution in [3.63, 3.8) is 0 Å². The molecule has 4 amide bonds. The predicted octanol–water partition coefficient (Wildman–Crippen LogP) is 0.937. The molecule has 0 spiro atoms. The second-order valence-electron chi connectivity index (χ2n) is 6.70. The molecule has 0 fully saturated rings. The summed E-state index contributed by atoms with van der Waals surface area (Å²) in [5, 5.41) is 5.43. The van der Waals surface area contributed by atoms with Crippen molar-refractivity contribution in [2.75, 3.05) is 39.9 Å². The van der Waals surface area contributed by atoms with Crippen LogP contribution >= 0.6 is 0 Å². The van der Waals surface area contributed by atoms with Gasteiger partial charge in [-0.2, -0.15) is 0 Å². The summed E-state index contributed by atoms with van der Waals surface area (Å²) in [6.45, 7) is 4.52. The van der Waals surface area contributed by atoms with Crippen LogP contribution < -0.4 is 10.6 Å². The first-order valence-corrected chi connectivity index (χ1v) is 9.18. The summed E-state index contributed by atoms with van der Waals surface area (Å²) in [5.41, 5.74) is 1.29. The van der Waals surface area contributed by atoms with Gasteiger partial charge in [-0.3, -0.25) is 14.5 Å². The zero-order valence-electron chi connectivity index (χ0n) is 16.1. The number of halogens is 1. The van der Waals surface area contributed by atoms with E-state index in [2.05, 4.69) is 17.2 Å². The van der Waals surface area contributed by atoms with E-state index in [1.54, 1.807) is 12.1 Å². The Morgan fingerprint density at radius 2 is 2.24 bits per heavy atom. The van der Waals surface area contributed by atoms with Crippen LogP contribution in [0.4, 0.5) is 9.18 Å². The third-order valence-electron chi connectivity index (χ3n) is 4.75. The van der Waals surface area contributed by atoms with E-state index in [0.717, 1.165) is 0 Å². The van der Waals surface area contributed by atoms with Gasteiger partial charge in [0.2, 0.25) is 5.91 Å². The van der Waals surface area contributed by atoms with Crippen molar-refractivity contribution in [1.29, 1.82) is 0 Å². The molecule has 0 bridgehead atoms. The number of rotatable bonds is 8. The van der Waals surface area contributed by atoms with Gasteiger partial charge in [0.15, 0.2) is 0 Å². The largest absolute Gasteiger partial charge is 0.383 e. The predicted molar refractivity (Wildman–Crippen MR) is 103 cm³/mol. The Hall–Kier alpha value is -3.20. The monoisotopic (exact) mass is 402 g/mol. The van der Waals surface area contributed by atoms with Crippen molar-refractivity contribution in [1.82, 2.24) is 20.4 Å². The van der Waals surface area contributed by atoms with Gasteiger partial charge in [0.1, 0.15) is 12.4 Å². The number of urea groups is 1. The fourth-order valence-corrected chi connectivity index (χ4v) is 3.46. The number of nitrogens with zero attached hydrogens (tertiary/aromatic N) is 2. The molecule has 1 unspecified atom stereocenters. The van der Waals surface area contributed by atoms with E-state index in [1.165, 1.54) is 35.1 Å². The van der Waals surface area contributed by atoms with Crippen molar-refractivity contribution < 1.29 is 23.5 Å². The fraction of sp³-hybridized carbons (Fsp3) is 0.350. The lowest BCUT2D eigenvalue weighted by Gasteiger charge is -2.33. The molecular formula is C20H23FN4O4. The third kappa shape index (κ3) is 4.29. The van der Waals surface area contributed by atoms with Gasteiger partial charge in [0, 0.05) is 20.2 Å². The minimum Gasteiger partial charge on any atom is -0.383 e. The van der Waals surface area contributed by atoms with Gasteiger partial charge in [-0.15, -0.1) is 6.58 Å². The minimum atomic E-state index is -0.789. The second-order valence-corrected chi connectivity index (χ2v) is 6.70. The lowest BCUT2D eigenvalue weighted by Crippen LogP contribution is -2.47. The Bertz CT molecular complexity index is 870. The molecule has 154 valence electrons. The molecule has 9 heteroatoms. The molecule has 2 aliphatic rings. The summed E-state index contributed by atoms with van der Waals surface area (Å²) in [7, 11) is 1.53. The molecule has 1 aromatic rings. The van der Waals surface area contributed by atoms with E-state index in [0.29, 0.717) is 30.0 Å². The SMILES string of the molecule is C=CCN1C(=O)NC(c2cccc(F)c2)C2=C1CN(CC(=O)NCCOC)C2=O. The van der Waals surface area contributed by atoms with Crippen LogP contribution in [-0.4, -0.2) is 67.5 Å². The topological polar surface area (TPSA) is 91.0 Å². The van der Waals surface area contributed by atoms with Crippen molar-refractivity contribution >= 4 is 17.8 Å². The summed E-state index contributed by atoms with van der Waals surface area (Å²) in [4.78, 5) is 40.7. The van der Waals surface area contributed by atoms with Crippen molar-refractivity contribution in [2.24, 2.45) is 0 Å². The van der Waals surface area contributed by atoms with Crippen LogP contribution in [0.5, 0.6) is 0 Å². The summed E-state index contributed by atoms with van der Waals surface area (Å²) in [6.07, 6.45) is 1.55. The van der Waals surface area contributed by atoms with E-state index in [-0.39, 0.29) is 31.4 Å². The average molecular weight is 402 g/mol. The smallest absolute Gasteiger partial charge is 0.322 e. The molecule has 8 nitrogen and oxygen atoms in total. The van der Waals surface area contributed by atoms with Crippen LogP contribution in [0, 0.1) is 5.82 Å². The van der Waals surface area contributed by atoms with Crippen LogP contribution in [0.2, 0.25) is 0 Å². The summed E-state index contributed by atoms with van der Waals surface area (Å²) < 4.78 is 18.6. The second kappa shape index (κ2) is 8.87. The van der Waals surface area contributed by atoms with Gasteiger partial charge < -0.3 is 20.3 Å². The van der Waals surface area contributed by atoms with E-state index in [1.807, 2.05) is 0 Å². The number of carbonyl (C=O) groups is 3. The minimum absolute atomic E-state index is 0.110. The third-order valence-corrected chi connectivity index (χ3v) is 4.75. The molecule has 0 aliphatic carbocycles. The average Bonchev–Trinajstić information content (AvgIpc) is 3.00. The maximum atomic E-state index is 13.7. The van der Waals surface area contributed by atoms with Gasteiger partial charge in [0.05, 0.1) is 30.5 Å². The van der Waals surface area contributed by atoms with E-state index < -0.39 is 17.9 Å². The van der Waals surface area contributed by atoms with Gasteiger partial charge in [0.25, 0.3) is 5.91 Å². The zero-order chi connectivity index (χ0) is 21.0. The quantitative estimate of drug-likeness (QED) is 0.500. The molecule has 1 aromatic carbocycles. The molecule has 1 atom stereocenters. The standard InChI is InChI=1S/C20H23FN4O4/c1-3-8-25-15-11-24(12-16(26)22-7-9-29-2)19(27)17(15)18(23-20(25)28)13-5-4-6-14(21)10-13/h3-6,10,18H,1,7-9,11-12H2,2H3,(H,22,26)(H,23,28). The highest BCUT2D eigenvalue weighted by Crippen LogP contribution is 2.36. The van der Waals surface area contributed by atoms with Crippen LogP contribution in [0.25, 0.3) is 0 Å². The maximum Gasteiger partial charge on any atom is 0.322 e. The van der Waals surface area contributed by atoms with Gasteiger partial charge in [-0.05, 0) is 17.7 Å². The highest BCUT2D eigenvalue weighted by atomic mass is 19.1. The molecule has 2 N–H and O–H groups in total. The highest BCUT2D eigenvalue weighted by Gasteiger charge is 2.44. The normalized spacial score (nSPS) is 18.6. The van der Waals surface area contributed by atoms with Crippen molar-refractivity contribution in [3.05, 3.63) is 59.6 Å². The van der Waals surface area contributed by atoms with Gasteiger partial charge in [-0.25, -0.2) is 9.18 Å². The van der Waals surface area contributed by atoms with Crippen LogP contribution in [-0.2, 0) is 14.3 Å². The van der Waals surface area contributed by atoms with E-state index >= 15 is 0 Å². The zero-order valence-corrected chi connectivity index (χ0v) is 16.1. The van der Waals surface area contributed by atoms with Gasteiger partial charge in [-0.1, -0.05) is 18.2 Å². The number of hydrogen-bond acceptors (Lipinski definition) is 4. The fourth-order valence-electron chi connectivity index (χ4n) is 3.46. The Morgan fingerprint density at radius 3 is 2.93 bits per heavy atom. The Balaban J connectivity index is 1.87. The molecule has 2 aliphatic heterocycles. The summed E-state index contributed by atoms with van der Waals surface area (Å²) in [6, 6.07) is 4.55. The van der Waals surface area contributed by atoms with Crippen LogP contribution in [0.3, 0.4) is 0 Å². The lowest BCUT2D eigenvalue weighted by molar-refractivity contribution is -0.132. The number of ether oxygens (including phenoxy) is 1. The molecular weight excluding hydrogens is 379 g/mol. The number of hydrogen-bond donors (Lipinski definition) is 2. The molecule has 2 heterocycles. The molecule has 0 radical (unpaired) electrons. The number of methoxy groups -OCH3 is 1. The Morgan fingerprint density at radius 1 is 1.45 bits per heavy atom. The molecule has 3 rings (SSSR count). The molecule has 29 heavy (non-hydrogen) atoms. The Kier molecular flexibility index (Phi) is 6.28. The molecule has 0 saturated heterocycles. The van der Waals surface area contributed by atoms with Crippen molar-refractivity contribution in [2.45, 2.75) is 6.04 Å². The van der Waals surface area contributed by atoms with Crippen LogP contribution in [0.1, 0.15) is 11.6 Å². The first-order valence-electron chi connectivity index (χ1n) is 9.18. The Labute approximate surface area is 168 Å². The molecule has 0 saturated carbocycles. The van der Waals surface area contributed by atoms with E-state index in [4.69, 9.17) is 4.74 Å². The van der Waals surface area contributed by atoms with E-state index in [9.17, 15) is 18.8 Å².